The lowest BCUT2D eigenvalue weighted by atomic mass is 10.2. The SMILES string of the molecule is CCOc1ccccc1COCC(NC(=O)c1cc2cc(OC)ccc2o1)C(=O)O. The molecule has 1 heterocycles. The van der Waals surface area contributed by atoms with Crippen molar-refractivity contribution in [3.05, 3.63) is 59.9 Å². The average molecular weight is 413 g/mol. The van der Waals surface area contributed by atoms with E-state index < -0.39 is 17.9 Å². The van der Waals surface area contributed by atoms with Gasteiger partial charge in [0.2, 0.25) is 0 Å². The fraction of sp³-hybridized carbons (Fsp3) is 0.273. The molecular weight excluding hydrogens is 390 g/mol. The topological polar surface area (TPSA) is 107 Å². The van der Waals surface area contributed by atoms with Gasteiger partial charge < -0.3 is 29.1 Å². The molecule has 1 amide bonds. The monoisotopic (exact) mass is 413 g/mol. The first-order valence-corrected chi connectivity index (χ1v) is 9.41. The highest BCUT2D eigenvalue weighted by molar-refractivity contribution is 5.98. The second kappa shape index (κ2) is 9.80. The van der Waals surface area contributed by atoms with E-state index in [1.807, 2.05) is 31.2 Å². The summed E-state index contributed by atoms with van der Waals surface area (Å²) >= 11 is 0. The number of para-hydroxylation sites is 1. The first kappa shape index (κ1) is 21.2. The highest BCUT2D eigenvalue weighted by atomic mass is 16.5. The van der Waals surface area contributed by atoms with E-state index in [0.29, 0.717) is 29.1 Å². The van der Waals surface area contributed by atoms with Gasteiger partial charge >= 0.3 is 5.97 Å². The molecule has 0 bridgehead atoms. The van der Waals surface area contributed by atoms with Crippen molar-refractivity contribution in [3.63, 3.8) is 0 Å². The van der Waals surface area contributed by atoms with Crippen molar-refractivity contribution >= 4 is 22.8 Å². The number of methoxy groups -OCH3 is 1. The molecule has 0 spiro atoms. The third-order valence-corrected chi connectivity index (χ3v) is 4.37. The number of benzene rings is 2. The highest BCUT2D eigenvalue weighted by Gasteiger charge is 2.23. The van der Waals surface area contributed by atoms with E-state index in [1.165, 1.54) is 6.07 Å². The summed E-state index contributed by atoms with van der Waals surface area (Å²) in [5, 5.41) is 12.6. The van der Waals surface area contributed by atoms with Crippen molar-refractivity contribution in [1.29, 1.82) is 0 Å². The predicted molar refractivity (Wildman–Crippen MR) is 109 cm³/mol. The van der Waals surface area contributed by atoms with E-state index in [4.69, 9.17) is 18.6 Å². The van der Waals surface area contributed by atoms with Crippen LogP contribution < -0.4 is 14.8 Å². The Bertz CT molecular complexity index is 1030. The summed E-state index contributed by atoms with van der Waals surface area (Å²) < 4.78 is 21.7. The van der Waals surface area contributed by atoms with Crippen LogP contribution in [0.1, 0.15) is 23.0 Å². The van der Waals surface area contributed by atoms with Crippen molar-refractivity contribution in [3.8, 4) is 11.5 Å². The summed E-state index contributed by atoms with van der Waals surface area (Å²) in [6, 6.07) is 12.7. The van der Waals surface area contributed by atoms with Crippen LogP contribution in [0, 0.1) is 0 Å². The predicted octanol–water partition coefficient (Wildman–Crippen LogP) is 3.24. The second-order valence-electron chi connectivity index (χ2n) is 6.43. The number of hydrogen-bond acceptors (Lipinski definition) is 6. The van der Waals surface area contributed by atoms with Crippen LogP contribution in [-0.4, -0.2) is 43.3 Å². The Hall–Kier alpha value is -3.52. The van der Waals surface area contributed by atoms with Crippen LogP contribution in [0.3, 0.4) is 0 Å². The van der Waals surface area contributed by atoms with Crippen molar-refractivity contribution in [1.82, 2.24) is 5.32 Å². The number of amides is 1. The van der Waals surface area contributed by atoms with Gasteiger partial charge in [0.15, 0.2) is 11.8 Å². The molecule has 8 nitrogen and oxygen atoms in total. The van der Waals surface area contributed by atoms with Gasteiger partial charge in [-0.3, -0.25) is 4.79 Å². The van der Waals surface area contributed by atoms with Gasteiger partial charge in [0, 0.05) is 10.9 Å². The molecule has 0 aliphatic carbocycles. The van der Waals surface area contributed by atoms with E-state index in [9.17, 15) is 14.7 Å². The van der Waals surface area contributed by atoms with E-state index in [1.54, 1.807) is 25.3 Å². The maximum atomic E-state index is 12.5. The lowest BCUT2D eigenvalue weighted by Gasteiger charge is -2.15. The van der Waals surface area contributed by atoms with E-state index in [-0.39, 0.29) is 19.0 Å². The quantitative estimate of drug-likeness (QED) is 0.525. The molecule has 0 aliphatic heterocycles. The minimum absolute atomic E-state index is 0.00574. The number of carboxylic acids is 1. The summed E-state index contributed by atoms with van der Waals surface area (Å²) in [6.07, 6.45) is 0. The third kappa shape index (κ3) is 5.09. The molecule has 0 aliphatic rings. The number of carbonyl (C=O) groups excluding carboxylic acids is 1. The van der Waals surface area contributed by atoms with Gasteiger partial charge in [-0.2, -0.15) is 0 Å². The van der Waals surface area contributed by atoms with Gasteiger partial charge in [-0.05, 0) is 37.3 Å². The van der Waals surface area contributed by atoms with Gasteiger partial charge in [0.05, 0.1) is 26.9 Å². The number of rotatable bonds is 10. The minimum atomic E-state index is -1.24. The van der Waals surface area contributed by atoms with Crippen LogP contribution in [0.4, 0.5) is 0 Å². The zero-order valence-electron chi connectivity index (χ0n) is 16.7. The van der Waals surface area contributed by atoms with Crippen molar-refractivity contribution in [2.75, 3.05) is 20.3 Å². The van der Waals surface area contributed by atoms with Gasteiger partial charge in [-0.25, -0.2) is 4.79 Å². The molecule has 3 aromatic rings. The first-order valence-electron chi connectivity index (χ1n) is 9.41. The molecule has 30 heavy (non-hydrogen) atoms. The number of nitrogens with one attached hydrogen (secondary N) is 1. The van der Waals surface area contributed by atoms with Gasteiger partial charge in [0.25, 0.3) is 5.91 Å². The second-order valence-corrected chi connectivity index (χ2v) is 6.43. The Morgan fingerprint density at radius 3 is 2.70 bits per heavy atom. The number of aliphatic carboxylic acids is 1. The van der Waals surface area contributed by atoms with Crippen LogP contribution in [0.15, 0.2) is 52.9 Å². The summed E-state index contributed by atoms with van der Waals surface area (Å²) in [6.45, 7) is 2.33. The standard InChI is InChI=1S/C22H23NO7/c1-3-29-18-7-5-4-6-14(18)12-28-13-17(22(25)26)23-21(24)20-11-15-10-16(27-2)8-9-19(15)30-20/h4-11,17H,3,12-13H2,1-2H3,(H,23,24)(H,25,26). The van der Waals surface area contributed by atoms with Crippen LogP contribution >= 0.6 is 0 Å². The summed E-state index contributed by atoms with van der Waals surface area (Å²) in [4.78, 5) is 24.0. The van der Waals surface area contributed by atoms with Crippen molar-refractivity contribution in [2.45, 2.75) is 19.6 Å². The summed E-state index contributed by atoms with van der Waals surface area (Å²) in [7, 11) is 1.54. The number of ether oxygens (including phenoxy) is 3. The molecule has 1 unspecified atom stereocenters. The molecule has 2 aromatic carbocycles. The van der Waals surface area contributed by atoms with Gasteiger partial charge in [0.1, 0.15) is 17.1 Å². The van der Waals surface area contributed by atoms with Crippen LogP contribution in [-0.2, 0) is 16.1 Å². The molecule has 0 radical (unpaired) electrons. The number of carbonyl (C=O) groups is 2. The van der Waals surface area contributed by atoms with Crippen molar-refractivity contribution < 1.29 is 33.3 Å². The molecule has 158 valence electrons. The molecule has 1 atom stereocenters. The molecular formula is C22H23NO7. The third-order valence-electron chi connectivity index (χ3n) is 4.37. The number of fused-ring (bicyclic) bond motifs is 1. The Labute approximate surface area is 173 Å². The van der Waals surface area contributed by atoms with Crippen LogP contribution in [0.25, 0.3) is 11.0 Å². The fourth-order valence-electron chi connectivity index (χ4n) is 2.87. The number of hydrogen-bond donors (Lipinski definition) is 2. The molecule has 0 fully saturated rings. The minimum Gasteiger partial charge on any atom is -0.497 e. The lowest BCUT2D eigenvalue weighted by molar-refractivity contribution is -0.141. The molecule has 1 aromatic heterocycles. The molecule has 0 saturated carbocycles. The lowest BCUT2D eigenvalue weighted by Crippen LogP contribution is -2.43. The van der Waals surface area contributed by atoms with Crippen LogP contribution in [0.5, 0.6) is 11.5 Å². The Balaban J connectivity index is 1.63. The smallest absolute Gasteiger partial charge is 0.328 e. The zero-order chi connectivity index (χ0) is 21.5. The largest absolute Gasteiger partial charge is 0.497 e. The van der Waals surface area contributed by atoms with E-state index >= 15 is 0 Å². The van der Waals surface area contributed by atoms with Crippen LogP contribution in [0.2, 0.25) is 0 Å². The molecule has 2 N–H and O–H groups in total. The van der Waals surface area contributed by atoms with E-state index in [2.05, 4.69) is 5.32 Å². The van der Waals surface area contributed by atoms with Gasteiger partial charge in [-0.1, -0.05) is 18.2 Å². The van der Waals surface area contributed by atoms with Gasteiger partial charge in [-0.15, -0.1) is 0 Å². The maximum absolute atomic E-state index is 12.5. The highest BCUT2D eigenvalue weighted by Crippen LogP contribution is 2.24. The Morgan fingerprint density at radius 2 is 1.97 bits per heavy atom. The average Bonchev–Trinajstić information content (AvgIpc) is 3.17. The summed E-state index contributed by atoms with van der Waals surface area (Å²) in [5.41, 5.74) is 1.29. The molecule has 8 heteroatoms. The zero-order valence-corrected chi connectivity index (χ0v) is 16.7. The van der Waals surface area contributed by atoms with Crippen molar-refractivity contribution in [2.24, 2.45) is 0 Å². The number of furan rings is 1. The molecule has 3 rings (SSSR count). The normalized spacial score (nSPS) is 11.8. The Kier molecular flexibility index (Phi) is 6.92. The van der Waals surface area contributed by atoms with E-state index in [0.717, 1.165) is 5.56 Å². The summed E-state index contributed by atoms with van der Waals surface area (Å²) in [5.74, 6) is -0.547. The maximum Gasteiger partial charge on any atom is 0.328 e. The number of carboxylic acid groups (broad SMARTS) is 1. The molecule has 0 saturated heterocycles. The fourth-order valence-corrected chi connectivity index (χ4v) is 2.87. The Morgan fingerprint density at radius 1 is 1.17 bits per heavy atom. The first-order chi connectivity index (χ1) is 14.5.